The van der Waals surface area contributed by atoms with Crippen LogP contribution in [0.1, 0.15) is 5.56 Å². The molecule has 0 fully saturated rings. The number of hydrogen-bond donors (Lipinski definition) is 3. The van der Waals surface area contributed by atoms with Gasteiger partial charge in [-0.3, -0.25) is 9.52 Å². The average molecular weight is 518 g/mol. The molecule has 184 valence electrons. The van der Waals surface area contributed by atoms with Crippen molar-refractivity contribution in [3.05, 3.63) is 60.2 Å². The minimum absolute atomic E-state index is 0.0170. The molecule has 3 rings (SSSR count). The number of carbonyl (C=O) groups is 1. The maximum atomic E-state index is 12.7. The molecule has 3 N–H and O–H groups in total. The molecule has 1 heterocycles. The fraction of sp³-hybridized carbons (Fsp3) is 0.182. The Kier molecular flexibility index (Phi) is 8.39. The van der Waals surface area contributed by atoms with Crippen LogP contribution in [0, 0.1) is 0 Å². The second kappa shape index (κ2) is 11.4. The number of thiocarbonyl (C=S) groups is 1. The van der Waals surface area contributed by atoms with Crippen molar-refractivity contribution in [2.24, 2.45) is 0 Å². The number of methoxy groups -OCH3 is 3. The monoisotopic (exact) mass is 517 g/mol. The number of rotatable bonds is 9. The smallest absolute Gasteiger partial charge is 0.321 e. The van der Waals surface area contributed by atoms with E-state index in [-0.39, 0.29) is 40.0 Å². The zero-order chi connectivity index (χ0) is 25.4. The number of ether oxygens (including phenoxy) is 3. The maximum absolute atomic E-state index is 12.7. The quantitative estimate of drug-likeness (QED) is 0.362. The molecule has 0 bridgehead atoms. The highest BCUT2D eigenvalue weighted by Crippen LogP contribution is 2.21. The van der Waals surface area contributed by atoms with Gasteiger partial charge >= 0.3 is 6.01 Å². The van der Waals surface area contributed by atoms with Crippen LogP contribution in [0.3, 0.4) is 0 Å². The number of aromatic nitrogens is 2. The highest BCUT2D eigenvalue weighted by atomic mass is 32.2. The summed E-state index contributed by atoms with van der Waals surface area (Å²) in [6.45, 7) is 0. The van der Waals surface area contributed by atoms with Crippen LogP contribution >= 0.6 is 12.2 Å². The number of sulfonamides is 1. The van der Waals surface area contributed by atoms with E-state index in [1.165, 1.54) is 44.6 Å². The van der Waals surface area contributed by atoms with Gasteiger partial charge in [-0.2, -0.15) is 9.97 Å². The first-order chi connectivity index (χ1) is 16.7. The zero-order valence-electron chi connectivity index (χ0n) is 19.1. The van der Waals surface area contributed by atoms with Gasteiger partial charge in [-0.15, -0.1) is 0 Å². The predicted molar refractivity (Wildman–Crippen MR) is 133 cm³/mol. The summed E-state index contributed by atoms with van der Waals surface area (Å²) in [6.07, 6.45) is 0.132. The van der Waals surface area contributed by atoms with Crippen LogP contribution < -0.4 is 29.6 Å². The lowest BCUT2D eigenvalue weighted by Crippen LogP contribution is -2.35. The van der Waals surface area contributed by atoms with E-state index in [0.29, 0.717) is 11.4 Å². The number of amides is 1. The standard InChI is InChI=1S/C22H23N5O6S2/c1-31-16-8-4-14(5-9-16)12-19(28)25-22(34)23-15-6-10-17(11-7-15)35(29,30)27-18-13-20(32-2)26-21(24-18)33-3/h4-11,13H,12H2,1-3H3,(H,24,26,27)(H2,23,25,28,34). The second-order valence-electron chi connectivity index (χ2n) is 6.94. The third-order valence-corrected chi connectivity index (χ3v) is 6.09. The summed E-state index contributed by atoms with van der Waals surface area (Å²) in [7, 11) is 0.347. The van der Waals surface area contributed by atoms with Gasteiger partial charge < -0.3 is 24.8 Å². The summed E-state index contributed by atoms with van der Waals surface area (Å²) in [5.41, 5.74) is 1.29. The average Bonchev–Trinajstić information content (AvgIpc) is 2.84. The minimum atomic E-state index is -3.96. The summed E-state index contributed by atoms with van der Waals surface area (Å²) >= 11 is 5.18. The van der Waals surface area contributed by atoms with Crippen LogP contribution in [0.4, 0.5) is 11.5 Å². The van der Waals surface area contributed by atoms with Gasteiger partial charge in [-0.05, 0) is 54.2 Å². The molecule has 0 saturated carbocycles. The van der Waals surface area contributed by atoms with E-state index in [4.69, 9.17) is 26.4 Å². The molecule has 2 aromatic carbocycles. The van der Waals surface area contributed by atoms with Crippen LogP contribution in [0.15, 0.2) is 59.5 Å². The first kappa shape index (κ1) is 25.6. The van der Waals surface area contributed by atoms with E-state index in [9.17, 15) is 13.2 Å². The molecule has 0 atom stereocenters. The normalized spacial score (nSPS) is 10.7. The fourth-order valence-corrected chi connectivity index (χ4v) is 4.05. The van der Waals surface area contributed by atoms with Crippen molar-refractivity contribution in [2.75, 3.05) is 31.4 Å². The Morgan fingerprint density at radius 3 is 2.23 bits per heavy atom. The minimum Gasteiger partial charge on any atom is -0.497 e. The van der Waals surface area contributed by atoms with Gasteiger partial charge in [0.25, 0.3) is 10.0 Å². The topological polar surface area (TPSA) is 141 Å². The first-order valence-electron chi connectivity index (χ1n) is 10.1. The van der Waals surface area contributed by atoms with E-state index in [1.807, 2.05) is 0 Å². The van der Waals surface area contributed by atoms with Crippen molar-refractivity contribution >= 4 is 44.8 Å². The van der Waals surface area contributed by atoms with E-state index >= 15 is 0 Å². The molecule has 0 aliphatic carbocycles. The molecule has 1 amide bonds. The van der Waals surface area contributed by atoms with Gasteiger partial charge in [0.2, 0.25) is 11.8 Å². The van der Waals surface area contributed by atoms with E-state index < -0.39 is 10.0 Å². The highest BCUT2D eigenvalue weighted by Gasteiger charge is 2.17. The molecular formula is C22H23N5O6S2. The molecule has 35 heavy (non-hydrogen) atoms. The highest BCUT2D eigenvalue weighted by molar-refractivity contribution is 7.92. The van der Waals surface area contributed by atoms with Crippen molar-refractivity contribution in [2.45, 2.75) is 11.3 Å². The number of benzene rings is 2. The molecule has 0 radical (unpaired) electrons. The molecule has 0 aliphatic rings. The third kappa shape index (κ3) is 7.25. The molecule has 0 spiro atoms. The fourth-order valence-electron chi connectivity index (χ4n) is 2.83. The molecule has 0 saturated heterocycles. The van der Waals surface area contributed by atoms with Crippen molar-refractivity contribution in [1.82, 2.24) is 15.3 Å². The van der Waals surface area contributed by atoms with E-state index in [0.717, 1.165) is 5.56 Å². The SMILES string of the molecule is COc1ccc(CC(=O)NC(=S)Nc2ccc(S(=O)(=O)Nc3cc(OC)nc(OC)n3)cc2)cc1. The van der Waals surface area contributed by atoms with Gasteiger partial charge in [0.05, 0.1) is 32.6 Å². The Morgan fingerprint density at radius 2 is 1.63 bits per heavy atom. The lowest BCUT2D eigenvalue weighted by Gasteiger charge is -2.12. The van der Waals surface area contributed by atoms with Gasteiger partial charge in [0.15, 0.2) is 10.9 Å². The molecule has 11 nitrogen and oxygen atoms in total. The molecular weight excluding hydrogens is 494 g/mol. The largest absolute Gasteiger partial charge is 0.497 e. The number of anilines is 2. The number of hydrogen-bond acceptors (Lipinski definition) is 9. The Morgan fingerprint density at radius 1 is 0.943 bits per heavy atom. The second-order valence-corrected chi connectivity index (χ2v) is 9.03. The maximum Gasteiger partial charge on any atom is 0.321 e. The van der Waals surface area contributed by atoms with Crippen LogP contribution in [-0.2, 0) is 21.2 Å². The Labute approximate surface area is 207 Å². The summed E-state index contributed by atoms with van der Waals surface area (Å²) in [6, 6.07) is 14.2. The van der Waals surface area contributed by atoms with Gasteiger partial charge in [0.1, 0.15) is 5.75 Å². The van der Waals surface area contributed by atoms with Gasteiger partial charge in [-0.1, -0.05) is 12.1 Å². The van der Waals surface area contributed by atoms with Gasteiger partial charge in [0, 0.05) is 11.8 Å². The zero-order valence-corrected chi connectivity index (χ0v) is 20.7. The van der Waals surface area contributed by atoms with Gasteiger partial charge in [-0.25, -0.2) is 8.42 Å². The number of nitrogens with one attached hydrogen (secondary N) is 3. The van der Waals surface area contributed by atoms with Crippen molar-refractivity contribution in [1.29, 1.82) is 0 Å². The van der Waals surface area contributed by atoms with Crippen molar-refractivity contribution in [3.63, 3.8) is 0 Å². The lowest BCUT2D eigenvalue weighted by molar-refractivity contribution is -0.119. The van der Waals surface area contributed by atoms with E-state index in [2.05, 4.69) is 25.3 Å². The molecule has 0 aliphatic heterocycles. The Hall–Kier alpha value is -3.97. The first-order valence-corrected chi connectivity index (χ1v) is 11.9. The molecule has 1 aromatic heterocycles. The lowest BCUT2D eigenvalue weighted by atomic mass is 10.1. The summed E-state index contributed by atoms with van der Waals surface area (Å²) in [5, 5.41) is 5.51. The van der Waals surface area contributed by atoms with Crippen molar-refractivity contribution < 1.29 is 27.4 Å². The molecule has 0 unspecified atom stereocenters. The van der Waals surface area contributed by atoms with E-state index in [1.54, 1.807) is 31.4 Å². The van der Waals surface area contributed by atoms with Crippen LogP contribution in [-0.4, -0.2) is 50.7 Å². The molecule has 13 heteroatoms. The Bertz CT molecular complexity index is 1280. The summed E-state index contributed by atoms with van der Waals surface area (Å²) < 4.78 is 42.9. The Balaban J connectivity index is 1.59. The van der Waals surface area contributed by atoms with Crippen LogP contribution in [0.5, 0.6) is 17.6 Å². The van der Waals surface area contributed by atoms with Crippen molar-refractivity contribution in [3.8, 4) is 17.6 Å². The molecule has 3 aromatic rings. The number of carbonyl (C=O) groups excluding carboxylic acids is 1. The van der Waals surface area contributed by atoms with Crippen LogP contribution in [0.2, 0.25) is 0 Å². The predicted octanol–water partition coefficient (Wildman–Crippen LogP) is 2.36. The summed E-state index contributed by atoms with van der Waals surface area (Å²) in [5.74, 6) is 0.517. The third-order valence-electron chi connectivity index (χ3n) is 4.51. The van der Waals surface area contributed by atoms with Crippen LogP contribution in [0.25, 0.3) is 0 Å². The number of nitrogens with zero attached hydrogens (tertiary/aromatic N) is 2. The summed E-state index contributed by atoms with van der Waals surface area (Å²) in [4.78, 5) is 20.1.